The standard InChI is InChI=1S/C25H24BN5O2/c26-19-12-13-22(28-16-19)30-25(33)20-6-2-3-7-21(20)29-24(32)18-10-8-17(9-11-18)23(27)31-14-4-1-5-15-31/h2-3,6-13,16,27H,1,4-5,14-15H2,(H,29,32)(H,28,30,33). The summed E-state index contributed by atoms with van der Waals surface area (Å²) in [7, 11) is 5.63. The molecular formula is C25H24BN5O2. The lowest BCUT2D eigenvalue weighted by molar-refractivity contribution is 0.102. The van der Waals surface area contributed by atoms with Crippen LogP contribution in [0.1, 0.15) is 45.5 Å². The number of pyridine rings is 1. The molecular weight excluding hydrogens is 413 g/mol. The average Bonchev–Trinajstić information content (AvgIpc) is 2.86. The molecule has 1 saturated heterocycles. The van der Waals surface area contributed by atoms with Crippen molar-refractivity contribution < 1.29 is 9.59 Å². The van der Waals surface area contributed by atoms with Crippen molar-refractivity contribution in [3.05, 3.63) is 83.6 Å². The molecule has 0 bridgehead atoms. The van der Waals surface area contributed by atoms with Crippen molar-refractivity contribution in [2.75, 3.05) is 23.7 Å². The number of amides is 2. The molecule has 164 valence electrons. The normalized spacial score (nSPS) is 13.3. The van der Waals surface area contributed by atoms with Crippen LogP contribution in [0.3, 0.4) is 0 Å². The Morgan fingerprint density at radius 2 is 1.55 bits per heavy atom. The van der Waals surface area contributed by atoms with Gasteiger partial charge in [0.25, 0.3) is 11.8 Å². The fraction of sp³-hybridized carbons (Fsp3) is 0.200. The summed E-state index contributed by atoms with van der Waals surface area (Å²) in [6.07, 6.45) is 4.87. The third kappa shape index (κ3) is 5.47. The molecule has 1 aromatic heterocycles. The molecule has 4 rings (SSSR count). The second-order valence-corrected chi connectivity index (χ2v) is 7.90. The second kappa shape index (κ2) is 10.1. The molecule has 2 heterocycles. The first kappa shape index (κ1) is 22.3. The van der Waals surface area contributed by atoms with Crippen molar-refractivity contribution in [2.24, 2.45) is 0 Å². The highest BCUT2D eigenvalue weighted by Crippen LogP contribution is 2.19. The fourth-order valence-electron chi connectivity index (χ4n) is 3.73. The summed E-state index contributed by atoms with van der Waals surface area (Å²) in [4.78, 5) is 31.7. The molecule has 7 nitrogen and oxygen atoms in total. The lowest BCUT2D eigenvalue weighted by Crippen LogP contribution is -2.35. The number of hydrogen-bond acceptors (Lipinski definition) is 4. The Morgan fingerprint density at radius 3 is 2.24 bits per heavy atom. The number of amidine groups is 1. The number of aromatic nitrogens is 1. The van der Waals surface area contributed by atoms with Crippen LogP contribution < -0.4 is 16.1 Å². The Morgan fingerprint density at radius 1 is 0.848 bits per heavy atom. The van der Waals surface area contributed by atoms with Crippen LogP contribution in [0.15, 0.2) is 66.9 Å². The molecule has 3 aromatic rings. The minimum Gasteiger partial charge on any atom is -0.357 e. The molecule has 1 aliphatic heterocycles. The molecule has 1 aliphatic rings. The van der Waals surface area contributed by atoms with E-state index in [4.69, 9.17) is 13.3 Å². The molecule has 3 N–H and O–H groups in total. The second-order valence-electron chi connectivity index (χ2n) is 7.90. The van der Waals surface area contributed by atoms with Crippen molar-refractivity contribution in [1.82, 2.24) is 9.88 Å². The van der Waals surface area contributed by atoms with Gasteiger partial charge in [-0.3, -0.25) is 15.0 Å². The Kier molecular flexibility index (Phi) is 6.83. The number of piperidine rings is 1. The van der Waals surface area contributed by atoms with Crippen LogP contribution in [-0.4, -0.2) is 48.5 Å². The molecule has 0 aliphatic carbocycles. The van der Waals surface area contributed by atoms with Gasteiger partial charge in [0.15, 0.2) is 0 Å². The van der Waals surface area contributed by atoms with Crippen molar-refractivity contribution in [1.29, 1.82) is 5.41 Å². The zero-order valence-corrected chi connectivity index (χ0v) is 18.2. The third-order valence-electron chi connectivity index (χ3n) is 5.54. The monoisotopic (exact) mass is 437 g/mol. The highest BCUT2D eigenvalue weighted by atomic mass is 16.2. The number of nitrogens with zero attached hydrogens (tertiary/aromatic N) is 2. The minimum absolute atomic E-state index is 0.313. The van der Waals surface area contributed by atoms with E-state index in [-0.39, 0.29) is 5.91 Å². The van der Waals surface area contributed by atoms with Gasteiger partial charge in [0.2, 0.25) is 0 Å². The molecule has 1 fully saturated rings. The zero-order valence-electron chi connectivity index (χ0n) is 18.2. The predicted molar refractivity (Wildman–Crippen MR) is 131 cm³/mol. The zero-order chi connectivity index (χ0) is 23.2. The number of carbonyl (C=O) groups is 2. The number of likely N-dealkylation sites (tertiary alicyclic amines) is 1. The topological polar surface area (TPSA) is 98.2 Å². The van der Waals surface area contributed by atoms with E-state index in [1.54, 1.807) is 60.7 Å². The molecule has 0 spiro atoms. The smallest absolute Gasteiger partial charge is 0.258 e. The average molecular weight is 437 g/mol. The SMILES string of the molecule is [B]c1ccc(NC(=O)c2ccccc2NC(=O)c2ccc(C(=N)N3CCCCC3)cc2)nc1. The molecule has 2 amide bonds. The van der Waals surface area contributed by atoms with Crippen molar-refractivity contribution in [2.45, 2.75) is 19.3 Å². The van der Waals surface area contributed by atoms with E-state index in [9.17, 15) is 9.59 Å². The van der Waals surface area contributed by atoms with E-state index in [1.165, 1.54) is 12.6 Å². The van der Waals surface area contributed by atoms with Gasteiger partial charge in [0.1, 0.15) is 19.5 Å². The summed E-state index contributed by atoms with van der Waals surface area (Å²) in [5.74, 6) is 0.118. The van der Waals surface area contributed by atoms with E-state index >= 15 is 0 Å². The van der Waals surface area contributed by atoms with Gasteiger partial charge in [-0.25, -0.2) is 4.98 Å². The maximum atomic E-state index is 12.8. The van der Waals surface area contributed by atoms with Gasteiger partial charge in [-0.05, 0) is 49.6 Å². The lowest BCUT2D eigenvalue weighted by Gasteiger charge is -2.29. The summed E-state index contributed by atoms with van der Waals surface area (Å²) >= 11 is 0. The van der Waals surface area contributed by atoms with Crippen LogP contribution in [0.5, 0.6) is 0 Å². The highest BCUT2D eigenvalue weighted by Gasteiger charge is 2.17. The van der Waals surface area contributed by atoms with Crippen LogP contribution in [-0.2, 0) is 0 Å². The fourth-order valence-corrected chi connectivity index (χ4v) is 3.73. The summed E-state index contributed by atoms with van der Waals surface area (Å²) in [5.41, 5.74) is 2.43. The van der Waals surface area contributed by atoms with Crippen molar-refractivity contribution in [3.63, 3.8) is 0 Å². The number of benzene rings is 2. The Bertz CT molecular complexity index is 1160. The van der Waals surface area contributed by atoms with E-state index in [0.717, 1.165) is 31.5 Å². The third-order valence-corrected chi connectivity index (χ3v) is 5.54. The Hall–Kier alpha value is -3.94. The summed E-state index contributed by atoms with van der Waals surface area (Å²) in [6.45, 7) is 1.79. The van der Waals surface area contributed by atoms with Crippen LogP contribution in [0.25, 0.3) is 0 Å². The predicted octanol–water partition coefficient (Wildman–Crippen LogP) is 3.19. The summed E-state index contributed by atoms with van der Waals surface area (Å²) in [5, 5.41) is 13.9. The van der Waals surface area contributed by atoms with E-state index in [0.29, 0.717) is 33.9 Å². The summed E-state index contributed by atoms with van der Waals surface area (Å²) < 4.78 is 0. The van der Waals surface area contributed by atoms with E-state index in [2.05, 4.69) is 20.5 Å². The molecule has 2 radical (unpaired) electrons. The number of rotatable bonds is 5. The van der Waals surface area contributed by atoms with Gasteiger partial charge in [-0.2, -0.15) is 0 Å². The largest absolute Gasteiger partial charge is 0.357 e. The van der Waals surface area contributed by atoms with Crippen LogP contribution in [0.2, 0.25) is 0 Å². The van der Waals surface area contributed by atoms with E-state index in [1.807, 2.05) is 0 Å². The number of anilines is 2. The van der Waals surface area contributed by atoms with E-state index < -0.39 is 5.91 Å². The van der Waals surface area contributed by atoms with Crippen molar-refractivity contribution in [3.8, 4) is 0 Å². The molecule has 0 unspecified atom stereocenters. The number of nitrogens with one attached hydrogen (secondary N) is 3. The maximum Gasteiger partial charge on any atom is 0.258 e. The van der Waals surface area contributed by atoms with Crippen LogP contribution in [0.4, 0.5) is 11.5 Å². The Labute approximate surface area is 194 Å². The van der Waals surface area contributed by atoms with Crippen molar-refractivity contribution >= 4 is 42.5 Å². The first-order chi connectivity index (χ1) is 16.0. The number of para-hydroxylation sites is 1. The number of carbonyl (C=O) groups excluding carboxylic acids is 2. The first-order valence-corrected chi connectivity index (χ1v) is 10.9. The molecule has 0 saturated carbocycles. The first-order valence-electron chi connectivity index (χ1n) is 10.9. The number of hydrogen-bond donors (Lipinski definition) is 3. The quantitative estimate of drug-likeness (QED) is 0.324. The molecule has 8 heteroatoms. The minimum atomic E-state index is -0.395. The summed E-state index contributed by atoms with van der Waals surface area (Å²) in [6, 6.07) is 17.0. The highest BCUT2D eigenvalue weighted by molar-refractivity contribution is 6.32. The van der Waals surface area contributed by atoms with Gasteiger partial charge in [-0.15, -0.1) is 0 Å². The van der Waals surface area contributed by atoms with Crippen LogP contribution >= 0.6 is 0 Å². The maximum absolute atomic E-state index is 12.8. The molecule has 2 aromatic carbocycles. The lowest BCUT2D eigenvalue weighted by atomic mass is 9.99. The Balaban J connectivity index is 1.44. The van der Waals surface area contributed by atoms with Gasteiger partial charge in [0.05, 0.1) is 11.3 Å². The van der Waals surface area contributed by atoms with Crippen LogP contribution in [0, 0.1) is 5.41 Å². The van der Waals surface area contributed by atoms with Gasteiger partial charge in [-0.1, -0.05) is 35.8 Å². The molecule has 0 atom stereocenters. The molecule has 33 heavy (non-hydrogen) atoms. The van der Waals surface area contributed by atoms with Gasteiger partial charge >= 0.3 is 0 Å². The van der Waals surface area contributed by atoms with Gasteiger partial charge < -0.3 is 15.5 Å². The van der Waals surface area contributed by atoms with Gasteiger partial charge in [0, 0.05) is 30.4 Å².